The van der Waals surface area contributed by atoms with Crippen LogP contribution in [0.1, 0.15) is 18.4 Å². The molecule has 3 N–H and O–H groups in total. The van der Waals surface area contributed by atoms with Crippen LogP contribution in [0.3, 0.4) is 0 Å². The number of aliphatic hydroxyl groups excluding tert-OH is 2. The zero-order chi connectivity index (χ0) is 16.9. The van der Waals surface area contributed by atoms with E-state index in [0.717, 1.165) is 25.1 Å². The largest absolute Gasteiger partial charge is 0.396 e. The number of nitrogens with one attached hydrogen (secondary N) is 1. The second-order valence-corrected chi connectivity index (χ2v) is 6.72. The van der Waals surface area contributed by atoms with E-state index in [0.29, 0.717) is 25.5 Å². The second kappa shape index (κ2) is 8.07. The second-order valence-electron chi connectivity index (χ2n) is 6.72. The van der Waals surface area contributed by atoms with Gasteiger partial charge in [-0.05, 0) is 18.4 Å². The van der Waals surface area contributed by atoms with Crippen molar-refractivity contribution in [1.29, 1.82) is 0 Å². The minimum absolute atomic E-state index is 0.0457. The Morgan fingerprint density at radius 3 is 2.88 bits per heavy atom. The summed E-state index contributed by atoms with van der Waals surface area (Å²) in [5, 5.41) is 22.1. The quantitative estimate of drug-likeness (QED) is 0.678. The van der Waals surface area contributed by atoms with Gasteiger partial charge >= 0.3 is 0 Å². The summed E-state index contributed by atoms with van der Waals surface area (Å²) in [5.74, 6) is -0.309. The van der Waals surface area contributed by atoms with Gasteiger partial charge in [0.2, 0.25) is 5.91 Å². The van der Waals surface area contributed by atoms with Crippen molar-refractivity contribution in [3.63, 3.8) is 0 Å². The van der Waals surface area contributed by atoms with Crippen molar-refractivity contribution >= 4 is 5.91 Å². The van der Waals surface area contributed by atoms with Gasteiger partial charge in [0.05, 0.1) is 12.7 Å². The van der Waals surface area contributed by atoms with Gasteiger partial charge in [-0.1, -0.05) is 30.3 Å². The van der Waals surface area contributed by atoms with Crippen molar-refractivity contribution in [3.05, 3.63) is 35.9 Å². The fraction of sp³-hybridized carbons (Fsp3) is 0.611. The Bertz CT molecular complexity index is 539. The van der Waals surface area contributed by atoms with Crippen LogP contribution in [0, 0.1) is 0 Å². The summed E-state index contributed by atoms with van der Waals surface area (Å²) in [6.07, 6.45) is 0.868. The molecule has 0 spiro atoms. The molecule has 1 aromatic carbocycles. The zero-order valence-electron chi connectivity index (χ0n) is 13.8. The van der Waals surface area contributed by atoms with Crippen LogP contribution >= 0.6 is 0 Å². The molecular formula is C18H26N2O4. The molecule has 0 aliphatic carbocycles. The Balaban J connectivity index is 1.47. The molecular weight excluding hydrogens is 308 g/mol. The van der Waals surface area contributed by atoms with Crippen molar-refractivity contribution in [2.45, 2.75) is 43.6 Å². The van der Waals surface area contributed by atoms with Gasteiger partial charge in [0.1, 0.15) is 6.10 Å². The van der Waals surface area contributed by atoms with E-state index in [1.807, 2.05) is 30.3 Å². The average molecular weight is 334 g/mol. The first-order chi connectivity index (χ1) is 11.7. The number of fused-ring (bicyclic) bond motifs is 1. The van der Waals surface area contributed by atoms with Crippen LogP contribution in [-0.4, -0.2) is 71.6 Å². The number of benzene rings is 1. The lowest BCUT2D eigenvalue weighted by atomic mass is 10.1. The highest BCUT2D eigenvalue weighted by Gasteiger charge is 2.38. The van der Waals surface area contributed by atoms with E-state index in [1.165, 1.54) is 0 Å². The molecule has 0 bridgehead atoms. The Morgan fingerprint density at radius 1 is 1.33 bits per heavy atom. The van der Waals surface area contributed by atoms with Gasteiger partial charge in [-0.3, -0.25) is 9.69 Å². The number of hydrogen-bond donors (Lipinski definition) is 3. The van der Waals surface area contributed by atoms with Crippen LogP contribution in [0.2, 0.25) is 0 Å². The standard InChI is InChI=1S/C18H26N2O4/c21-7-6-16-11-20-10-14(9-15(20)12-24-16)19-18(23)17(22)8-13-4-2-1-3-5-13/h1-5,14-17,21-22H,6-12H2,(H,19,23)/t14-,15-,16-,17-/m0/s1. The summed E-state index contributed by atoms with van der Waals surface area (Å²) in [5.41, 5.74) is 0.948. The maximum atomic E-state index is 12.2. The number of carbonyl (C=O) groups is 1. The first-order valence-corrected chi connectivity index (χ1v) is 8.64. The predicted octanol–water partition coefficient (Wildman–Crippen LogP) is -0.0697. The SMILES string of the molecule is O=C(N[C@H]1C[C@H]2CO[C@@H](CCO)CN2C1)[C@@H](O)Cc1ccccc1. The van der Waals surface area contributed by atoms with Crippen LogP contribution in [-0.2, 0) is 16.0 Å². The molecule has 6 heteroatoms. The smallest absolute Gasteiger partial charge is 0.249 e. The lowest BCUT2D eigenvalue weighted by molar-refractivity contribution is -0.129. The van der Waals surface area contributed by atoms with E-state index >= 15 is 0 Å². The molecule has 2 aliphatic heterocycles. The fourth-order valence-electron chi connectivity index (χ4n) is 3.59. The Morgan fingerprint density at radius 2 is 2.12 bits per heavy atom. The number of carbonyl (C=O) groups excluding carboxylic acids is 1. The van der Waals surface area contributed by atoms with Gasteiger partial charge in [0.15, 0.2) is 0 Å². The summed E-state index contributed by atoms with van der Waals surface area (Å²) >= 11 is 0. The third-order valence-electron chi connectivity index (χ3n) is 4.86. The maximum absolute atomic E-state index is 12.2. The van der Waals surface area contributed by atoms with Crippen molar-refractivity contribution < 1.29 is 19.7 Å². The number of rotatable bonds is 6. The van der Waals surface area contributed by atoms with Crippen LogP contribution in [0.4, 0.5) is 0 Å². The van der Waals surface area contributed by atoms with Gasteiger partial charge in [0.25, 0.3) is 0 Å². The fourth-order valence-corrected chi connectivity index (χ4v) is 3.59. The normalized spacial score (nSPS) is 28.3. The molecule has 4 atom stereocenters. The molecule has 132 valence electrons. The van der Waals surface area contributed by atoms with Crippen molar-refractivity contribution in [1.82, 2.24) is 10.2 Å². The Hall–Kier alpha value is -1.47. The predicted molar refractivity (Wildman–Crippen MR) is 89.5 cm³/mol. The minimum atomic E-state index is -1.02. The number of ether oxygens (including phenoxy) is 1. The van der Waals surface area contributed by atoms with Gasteiger partial charge in [-0.15, -0.1) is 0 Å². The average Bonchev–Trinajstić information content (AvgIpc) is 2.97. The lowest BCUT2D eigenvalue weighted by Crippen LogP contribution is -2.47. The van der Waals surface area contributed by atoms with Crippen LogP contribution < -0.4 is 5.32 Å². The van der Waals surface area contributed by atoms with Crippen molar-refractivity contribution in [2.24, 2.45) is 0 Å². The molecule has 0 aromatic heterocycles. The van der Waals surface area contributed by atoms with E-state index in [9.17, 15) is 9.90 Å². The summed E-state index contributed by atoms with van der Waals surface area (Å²) in [4.78, 5) is 14.5. The topological polar surface area (TPSA) is 82.0 Å². The molecule has 2 saturated heterocycles. The van der Waals surface area contributed by atoms with Crippen molar-refractivity contribution in [2.75, 3.05) is 26.3 Å². The molecule has 3 rings (SSSR count). The van der Waals surface area contributed by atoms with E-state index in [-0.39, 0.29) is 24.7 Å². The van der Waals surface area contributed by atoms with Crippen LogP contribution in [0.25, 0.3) is 0 Å². The zero-order valence-corrected chi connectivity index (χ0v) is 13.8. The number of aliphatic hydroxyl groups is 2. The molecule has 2 aliphatic rings. The number of nitrogens with zero attached hydrogens (tertiary/aromatic N) is 1. The highest BCUT2D eigenvalue weighted by Crippen LogP contribution is 2.24. The molecule has 2 fully saturated rings. The molecule has 1 amide bonds. The maximum Gasteiger partial charge on any atom is 0.249 e. The molecule has 0 saturated carbocycles. The molecule has 0 unspecified atom stereocenters. The van der Waals surface area contributed by atoms with Crippen molar-refractivity contribution in [3.8, 4) is 0 Å². The molecule has 2 heterocycles. The van der Waals surface area contributed by atoms with E-state index in [2.05, 4.69) is 10.2 Å². The molecule has 1 aromatic rings. The Labute approximate surface area is 142 Å². The van der Waals surface area contributed by atoms with Crippen LogP contribution in [0.5, 0.6) is 0 Å². The number of amides is 1. The highest BCUT2D eigenvalue weighted by atomic mass is 16.5. The summed E-state index contributed by atoms with van der Waals surface area (Å²) in [6.45, 7) is 2.35. The first kappa shape index (κ1) is 17.4. The summed E-state index contributed by atoms with van der Waals surface area (Å²) in [6, 6.07) is 9.89. The Kier molecular flexibility index (Phi) is 5.84. The van der Waals surface area contributed by atoms with Crippen LogP contribution in [0.15, 0.2) is 30.3 Å². The minimum Gasteiger partial charge on any atom is -0.396 e. The van der Waals surface area contributed by atoms with E-state index < -0.39 is 6.10 Å². The third-order valence-corrected chi connectivity index (χ3v) is 4.86. The highest BCUT2D eigenvalue weighted by molar-refractivity contribution is 5.81. The van der Waals surface area contributed by atoms with E-state index in [1.54, 1.807) is 0 Å². The first-order valence-electron chi connectivity index (χ1n) is 8.64. The summed E-state index contributed by atoms with van der Waals surface area (Å²) in [7, 11) is 0. The number of hydrogen-bond acceptors (Lipinski definition) is 5. The van der Waals surface area contributed by atoms with Gasteiger partial charge < -0.3 is 20.3 Å². The third kappa shape index (κ3) is 4.33. The molecule has 6 nitrogen and oxygen atoms in total. The summed E-state index contributed by atoms with van der Waals surface area (Å²) < 4.78 is 5.75. The van der Waals surface area contributed by atoms with Gasteiger partial charge in [-0.25, -0.2) is 0 Å². The van der Waals surface area contributed by atoms with Gasteiger partial charge in [-0.2, -0.15) is 0 Å². The molecule has 24 heavy (non-hydrogen) atoms. The number of morpholine rings is 1. The van der Waals surface area contributed by atoms with E-state index in [4.69, 9.17) is 9.84 Å². The monoisotopic (exact) mass is 334 g/mol. The lowest BCUT2D eigenvalue weighted by Gasteiger charge is -2.34. The molecule has 0 radical (unpaired) electrons. The van der Waals surface area contributed by atoms with Gasteiger partial charge in [0, 0.05) is 38.2 Å².